The Hall–Kier alpha value is -2.64. The second kappa shape index (κ2) is 7.76. The van der Waals surface area contributed by atoms with Gasteiger partial charge in [-0.05, 0) is 31.0 Å². The first-order valence-corrected chi connectivity index (χ1v) is 7.50. The summed E-state index contributed by atoms with van der Waals surface area (Å²) in [4.78, 5) is 36.8. The van der Waals surface area contributed by atoms with Crippen molar-refractivity contribution < 1.29 is 28.2 Å². The highest BCUT2D eigenvalue weighted by Gasteiger charge is 2.27. The Morgan fingerprint density at radius 2 is 2.12 bits per heavy atom. The van der Waals surface area contributed by atoms with Crippen molar-refractivity contribution in [2.45, 2.75) is 12.8 Å². The zero-order chi connectivity index (χ0) is 17.7. The summed E-state index contributed by atoms with van der Waals surface area (Å²) in [6.07, 6.45) is 1.30. The lowest BCUT2D eigenvalue weighted by Gasteiger charge is -2.31. The summed E-state index contributed by atoms with van der Waals surface area (Å²) in [5.41, 5.74) is 5.16. The van der Waals surface area contributed by atoms with Crippen LogP contribution in [0.15, 0.2) is 18.2 Å². The molecule has 2 N–H and O–H groups in total. The molecule has 1 fully saturated rings. The maximum Gasteiger partial charge on any atom is 0.342 e. The fraction of sp³-hybridized carbons (Fsp3) is 0.438. The summed E-state index contributed by atoms with van der Waals surface area (Å²) in [5.74, 6) is -2.58. The van der Waals surface area contributed by atoms with Gasteiger partial charge in [0.15, 0.2) is 6.61 Å². The highest BCUT2D eigenvalue weighted by atomic mass is 19.1. The first-order chi connectivity index (χ1) is 11.4. The standard InChI is InChI=1S/C16H19FN2O5/c1-23-13-5-4-11(17)7-12(13)16(22)24-9-14(20)19-6-2-3-10(8-19)15(18)21/h4-5,7,10H,2-3,6,8-9H2,1H3,(H2,18,21). The molecule has 0 aromatic heterocycles. The lowest BCUT2D eigenvalue weighted by Crippen LogP contribution is -2.45. The number of halogens is 1. The first kappa shape index (κ1) is 17.7. The van der Waals surface area contributed by atoms with Crippen LogP contribution in [-0.4, -0.2) is 49.5 Å². The molecule has 1 saturated heterocycles. The van der Waals surface area contributed by atoms with Crippen molar-refractivity contribution in [1.82, 2.24) is 4.90 Å². The van der Waals surface area contributed by atoms with Crippen LogP contribution in [0.4, 0.5) is 4.39 Å². The summed E-state index contributed by atoms with van der Waals surface area (Å²) in [7, 11) is 1.34. The van der Waals surface area contributed by atoms with Crippen molar-refractivity contribution in [1.29, 1.82) is 0 Å². The zero-order valence-electron chi connectivity index (χ0n) is 13.3. The molecule has 8 heteroatoms. The van der Waals surface area contributed by atoms with Crippen LogP contribution in [0.3, 0.4) is 0 Å². The molecule has 0 saturated carbocycles. The maximum absolute atomic E-state index is 13.3. The second-order valence-electron chi connectivity index (χ2n) is 5.50. The molecule has 0 bridgehead atoms. The van der Waals surface area contributed by atoms with Gasteiger partial charge in [-0.3, -0.25) is 9.59 Å². The molecule has 0 spiro atoms. The third-order valence-electron chi connectivity index (χ3n) is 3.88. The minimum absolute atomic E-state index is 0.0982. The van der Waals surface area contributed by atoms with Crippen LogP contribution in [-0.2, 0) is 14.3 Å². The molecular weight excluding hydrogens is 319 g/mol. The van der Waals surface area contributed by atoms with E-state index in [0.717, 1.165) is 12.1 Å². The van der Waals surface area contributed by atoms with Crippen LogP contribution >= 0.6 is 0 Å². The molecule has 1 aromatic carbocycles. The largest absolute Gasteiger partial charge is 0.496 e. The van der Waals surface area contributed by atoms with Gasteiger partial charge < -0.3 is 20.1 Å². The van der Waals surface area contributed by atoms with Crippen molar-refractivity contribution in [3.05, 3.63) is 29.6 Å². The quantitative estimate of drug-likeness (QED) is 0.798. The van der Waals surface area contributed by atoms with Crippen molar-refractivity contribution in [3.8, 4) is 5.75 Å². The molecule has 2 amide bonds. The van der Waals surface area contributed by atoms with Gasteiger partial charge in [-0.25, -0.2) is 9.18 Å². The lowest BCUT2D eigenvalue weighted by molar-refractivity contribution is -0.137. The third kappa shape index (κ3) is 4.21. The molecule has 1 aromatic rings. The molecule has 1 unspecified atom stereocenters. The summed E-state index contributed by atoms with van der Waals surface area (Å²) in [6, 6.07) is 3.43. The van der Waals surface area contributed by atoms with Crippen LogP contribution in [0.5, 0.6) is 5.75 Å². The van der Waals surface area contributed by atoms with E-state index in [9.17, 15) is 18.8 Å². The molecule has 0 radical (unpaired) electrons. The smallest absolute Gasteiger partial charge is 0.342 e. The number of carbonyl (C=O) groups excluding carboxylic acids is 3. The van der Waals surface area contributed by atoms with E-state index >= 15 is 0 Å². The Labute approximate surface area is 138 Å². The topological polar surface area (TPSA) is 98.9 Å². The molecule has 1 aliphatic rings. The van der Waals surface area contributed by atoms with Crippen molar-refractivity contribution >= 4 is 17.8 Å². The molecule has 7 nitrogen and oxygen atoms in total. The van der Waals surface area contributed by atoms with Gasteiger partial charge in [0.1, 0.15) is 17.1 Å². The minimum Gasteiger partial charge on any atom is -0.496 e. The lowest BCUT2D eigenvalue weighted by atomic mass is 9.97. The Morgan fingerprint density at radius 3 is 2.79 bits per heavy atom. The van der Waals surface area contributed by atoms with E-state index in [-0.39, 0.29) is 23.8 Å². The predicted octanol–water partition coefficient (Wildman–Crippen LogP) is 0.715. The van der Waals surface area contributed by atoms with Crippen LogP contribution in [0.1, 0.15) is 23.2 Å². The zero-order valence-corrected chi connectivity index (χ0v) is 13.3. The van der Waals surface area contributed by atoms with Gasteiger partial charge in [0, 0.05) is 13.1 Å². The van der Waals surface area contributed by atoms with Gasteiger partial charge >= 0.3 is 5.97 Å². The Bertz CT molecular complexity index is 649. The fourth-order valence-electron chi connectivity index (χ4n) is 2.57. The van der Waals surface area contributed by atoms with E-state index in [1.54, 1.807) is 0 Å². The molecule has 24 heavy (non-hydrogen) atoms. The fourth-order valence-corrected chi connectivity index (χ4v) is 2.57. The van der Waals surface area contributed by atoms with Crippen LogP contribution in [0.2, 0.25) is 0 Å². The summed E-state index contributed by atoms with van der Waals surface area (Å²) in [5, 5.41) is 0. The molecular formula is C16H19FN2O5. The Morgan fingerprint density at radius 1 is 1.38 bits per heavy atom. The highest BCUT2D eigenvalue weighted by Crippen LogP contribution is 2.20. The van der Waals surface area contributed by atoms with Crippen molar-refractivity contribution in [2.75, 3.05) is 26.8 Å². The number of hydrogen-bond donors (Lipinski definition) is 1. The molecule has 2 rings (SSSR count). The Kier molecular flexibility index (Phi) is 5.73. The van der Waals surface area contributed by atoms with Crippen LogP contribution in [0, 0.1) is 11.7 Å². The average molecular weight is 338 g/mol. The van der Waals surface area contributed by atoms with Gasteiger partial charge in [0.2, 0.25) is 5.91 Å². The van der Waals surface area contributed by atoms with Gasteiger partial charge in [0.25, 0.3) is 5.91 Å². The normalized spacial score (nSPS) is 17.2. The number of hydrogen-bond acceptors (Lipinski definition) is 5. The number of likely N-dealkylation sites (tertiary alicyclic amines) is 1. The maximum atomic E-state index is 13.3. The number of rotatable bonds is 5. The Balaban J connectivity index is 1.95. The number of nitrogens with two attached hydrogens (primary N) is 1. The number of primary amides is 1. The van der Waals surface area contributed by atoms with E-state index in [1.165, 1.54) is 18.1 Å². The molecule has 1 heterocycles. The number of esters is 1. The molecule has 1 atom stereocenters. The predicted molar refractivity (Wildman–Crippen MR) is 81.7 cm³/mol. The van der Waals surface area contributed by atoms with Gasteiger partial charge in [-0.15, -0.1) is 0 Å². The summed E-state index contributed by atoms with van der Waals surface area (Å²) >= 11 is 0. The number of methoxy groups -OCH3 is 1. The number of ether oxygens (including phenoxy) is 2. The molecule has 130 valence electrons. The van der Waals surface area contributed by atoms with Crippen LogP contribution < -0.4 is 10.5 Å². The monoisotopic (exact) mass is 338 g/mol. The second-order valence-corrected chi connectivity index (χ2v) is 5.50. The van der Waals surface area contributed by atoms with E-state index in [0.29, 0.717) is 19.4 Å². The van der Waals surface area contributed by atoms with Gasteiger partial charge in [-0.2, -0.15) is 0 Å². The first-order valence-electron chi connectivity index (χ1n) is 7.50. The highest BCUT2D eigenvalue weighted by molar-refractivity contribution is 5.94. The summed E-state index contributed by atoms with van der Waals surface area (Å²) in [6.45, 7) is 0.197. The average Bonchev–Trinajstić information content (AvgIpc) is 2.59. The molecule has 0 aliphatic carbocycles. The molecule has 1 aliphatic heterocycles. The van der Waals surface area contributed by atoms with Gasteiger partial charge in [-0.1, -0.05) is 0 Å². The third-order valence-corrected chi connectivity index (χ3v) is 3.88. The number of benzene rings is 1. The van der Waals surface area contributed by atoms with Crippen molar-refractivity contribution in [3.63, 3.8) is 0 Å². The minimum atomic E-state index is -0.858. The van der Waals surface area contributed by atoms with E-state index in [4.69, 9.17) is 15.2 Å². The van der Waals surface area contributed by atoms with E-state index < -0.39 is 30.2 Å². The van der Waals surface area contributed by atoms with Crippen molar-refractivity contribution in [2.24, 2.45) is 11.7 Å². The van der Waals surface area contributed by atoms with E-state index in [1.807, 2.05) is 0 Å². The SMILES string of the molecule is COc1ccc(F)cc1C(=O)OCC(=O)N1CCCC(C(N)=O)C1. The number of piperidine rings is 1. The number of amides is 2. The van der Waals surface area contributed by atoms with E-state index in [2.05, 4.69) is 0 Å². The summed E-state index contributed by atoms with van der Waals surface area (Å²) < 4.78 is 23.2. The van der Waals surface area contributed by atoms with Gasteiger partial charge in [0.05, 0.1) is 13.0 Å². The van der Waals surface area contributed by atoms with Crippen LogP contribution in [0.25, 0.3) is 0 Å². The number of nitrogens with zero attached hydrogens (tertiary/aromatic N) is 1. The number of carbonyl (C=O) groups is 3.